The predicted octanol–water partition coefficient (Wildman–Crippen LogP) is 7.00. The van der Waals surface area contributed by atoms with Gasteiger partial charge in [-0.3, -0.25) is 0 Å². The number of allylic oxidation sites excluding steroid dienone is 1. The van der Waals surface area contributed by atoms with Gasteiger partial charge in [-0.25, -0.2) is 0 Å². The predicted molar refractivity (Wildman–Crippen MR) is 132 cm³/mol. The maximum absolute atomic E-state index is 12.0. The molecule has 5 aliphatic rings. The number of aliphatic hydroxyl groups excluding tert-OH is 2. The number of aliphatic hydroxyl groups is 2. The molecular formula is C30H50O2. The smallest absolute Gasteiger partial charge is 0.0605 e. The maximum atomic E-state index is 12.0. The van der Waals surface area contributed by atoms with Gasteiger partial charge < -0.3 is 10.2 Å². The molecule has 32 heavy (non-hydrogen) atoms. The van der Waals surface area contributed by atoms with Gasteiger partial charge in [0.1, 0.15) is 0 Å². The number of hydrogen-bond acceptors (Lipinski definition) is 2. The zero-order valence-electron chi connectivity index (χ0n) is 22.0. The Morgan fingerprint density at radius 2 is 1.47 bits per heavy atom. The summed E-state index contributed by atoms with van der Waals surface area (Å²) in [4.78, 5) is 0. The first-order chi connectivity index (χ1) is 14.7. The van der Waals surface area contributed by atoms with Crippen LogP contribution in [0.4, 0.5) is 0 Å². The first-order valence-electron chi connectivity index (χ1n) is 13.7. The van der Waals surface area contributed by atoms with Crippen LogP contribution >= 0.6 is 0 Å². The molecule has 2 heteroatoms. The van der Waals surface area contributed by atoms with Crippen LogP contribution in [0.3, 0.4) is 0 Å². The molecule has 0 amide bonds. The molecule has 5 saturated carbocycles. The summed E-state index contributed by atoms with van der Waals surface area (Å²) in [5.41, 5.74) is 2.10. The standard InChI is InChI=1S/C30H50O2/c1-18(2)19-11-13-27(5)15-16-29(7)20(25(19)27)9-10-21-28(6)14-12-23(31)26(3,4)22(28)17-24(32)30(21,29)8/h19-25,31-32H,1,9-17H2,2-8H3. The Morgan fingerprint density at radius 1 is 0.781 bits per heavy atom. The van der Waals surface area contributed by atoms with E-state index in [9.17, 15) is 10.2 Å². The van der Waals surface area contributed by atoms with Crippen LogP contribution in [0.2, 0.25) is 0 Å². The Labute approximate surface area is 197 Å². The van der Waals surface area contributed by atoms with Crippen molar-refractivity contribution >= 4 is 0 Å². The molecule has 0 aromatic rings. The van der Waals surface area contributed by atoms with Crippen molar-refractivity contribution < 1.29 is 10.2 Å². The van der Waals surface area contributed by atoms with Gasteiger partial charge in [0.15, 0.2) is 0 Å². The molecular weight excluding hydrogens is 392 g/mol. The SMILES string of the molecule is C=C(C)C1CCC2(C)CCC3(C)C(CCC4C5(C)CCC(O)C(C)(C)C5CC(O)C43C)C12. The van der Waals surface area contributed by atoms with E-state index >= 15 is 0 Å². The van der Waals surface area contributed by atoms with E-state index in [2.05, 4.69) is 55.0 Å². The van der Waals surface area contributed by atoms with Gasteiger partial charge in [-0.05, 0) is 116 Å². The summed E-state index contributed by atoms with van der Waals surface area (Å²) < 4.78 is 0. The van der Waals surface area contributed by atoms with Crippen LogP contribution in [0, 0.1) is 56.7 Å². The van der Waals surface area contributed by atoms with Crippen LogP contribution in [0.1, 0.15) is 106 Å². The molecule has 5 aliphatic carbocycles. The van der Waals surface area contributed by atoms with E-state index in [0.717, 1.165) is 25.2 Å². The van der Waals surface area contributed by atoms with Crippen molar-refractivity contribution in [3.05, 3.63) is 12.2 Å². The van der Waals surface area contributed by atoms with Crippen molar-refractivity contribution in [1.29, 1.82) is 0 Å². The van der Waals surface area contributed by atoms with E-state index in [1.807, 2.05) is 0 Å². The van der Waals surface area contributed by atoms with Gasteiger partial charge in [-0.1, -0.05) is 53.7 Å². The fourth-order valence-corrected chi connectivity index (χ4v) is 11.4. The molecule has 2 nitrogen and oxygen atoms in total. The number of fused-ring (bicyclic) bond motifs is 7. The lowest BCUT2D eigenvalue weighted by Gasteiger charge is -2.74. The molecule has 182 valence electrons. The first kappa shape index (κ1) is 23.4. The largest absolute Gasteiger partial charge is 0.393 e. The molecule has 0 aromatic heterocycles. The van der Waals surface area contributed by atoms with Crippen LogP contribution < -0.4 is 0 Å². The summed E-state index contributed by atoms with van der Waals surface area (Å²) in [5, 5.41) is 22.9. The molecule has 2 N–H and O–H groups in total. The second kappa shape index (κ2) is 6.87. The molecule has 0 spiro atoms. The van der Waals surface area contributed by atoms with Gasteiger partial charge in [0, 0.05) is 5.41 Å². The van der Waals surface area contributed by atoms with Crippen LogP contribution in [0.15, 0.2) is 12.2 Å². The average Bonchev–Trinajstić information content (AvgIpc) is 3.07. The van der Waals surface area contributed by atoms with E-state index < -0.39 is 0 Å². The number of hydrogen-bond donors (Lipinski definition) is 2. The Balaban J connectivity index is 1.58. The van der Waals surface area contributed by atoms with E-state index in [4.69, 9.17) is 0 Å². The lowest BCUT2D eigenvalue weighted by Crippen LogP contribution is -2.70. The Bertz CT molecular complexity index is 801. The molecule has 0 bridgehead atoms. The minimum atomic E-state index is -0.267. The maximum Gasteiger partial charge on any atom is 0.0605 e. The molecule has 11 atom stereocenters. The van der Waals surface area contributed by atoms with Crippen molar-refractivity contribution in [2.45, 2.75) is 118 Å². The van der Waals surface area contributed by atoms with Crippen molar-refractivity contribution in [2.75, 3.05) is 0 Å². The molecule has 0 aliphatic heterocycles. The van der Waals surface area contributed by atoms with Crippen molar-refractivity contribution in [3.8, 4) is 0 Å². The van der Waals surface area contributed by atoms with Crippen LogP contribution in [-0.2, 0) is 0 Å². The summed E-state index contributed by atoms with van der Waals surface area (Å²) in [6.07, 6.45) is 10.2. The monoisotopic (exact) mass is 442 g/mol. The lowest BCUT2D eigenvalue weighted by molar-refractivity contribution is -0.283. The minimum absolute atomic E-state index is 0.0386. The Morgan fingerprint density at radius 3 is 2.12 bits per heavy atom. The Hall–Kier alpha value is -0.340. The number of rotatable bonds is 1. The zero-order chi connectivity index (χ0) is 23.5. The molecule has 5 fully saturated rings. The highest BCUT2D eigenvalue weighted by molar-refractivity contribution is 5.22. The summed E-state index contributed by atoms with van der Waals surface area (Å²) in [7, 11) is 0. The molecule has 5 rings (SSSR count). The Kier molecular flexibility index (Phi) is 5.02. The normalized spacial score (nSPS) is 58.8. The lowest BCUT2D eigenvalue weighted by atomic mass is 9.31. The van der Waals surface area contributed by atoms with Crippen LogP contribution in [0.5, 0.6) is 0 Å². The highest BCUT2D eigenvalue weighted by atomic mass is 16.3. The van der Waals surface area contributed by atoms with Crippen molar-refractivity contribution in [2.24, 2.45) is 56.7 Å². The second-order valence-electron chi connectivity index (χ2n) is 14.8. The molecule has 0 saturated heterocycles. The third-order valence-electron chi connectivity index (χ3n) is 13.5. The van der Waals surface area contributed by atoms with Gasteiger partial charge in [0.25, 0.3) is 0 Å². The first-order valence-corrected chi connectivity index (χ1v) is 13.7. The summed E-state index contributed by atoms with van der Waals surface area (Å²) in [6.45, 7) is 21.5. The topological polar surface area (TPSA) is 40.5 Å². The van der Waals surface area contributed by atoms with Crippen molar-refractivity contribution in [1.82, 2.24) is 0 Å². The van der Waals surface area contributed by atoms with E-state index in [0.29, 0.717) is 29.1 Å². The van der Waals surface area contributed by atoms with Crippen LogP contribution in [-0.4, -0.2) is 22.4 Å². The highest BCUT2D eigenvalue weighted by Crippen LogP contribution is 2.77. The van der Waals surface area contributed by atoms with E-state index in [1.54, 1.807) is 0 Å². The highest BCUT2D eigenvalue weighted by Gasteiger charge is 2.72. The quantitative estimate of drug-likeness (QED) is 0.429. The molecule has 0 radical (unpaired) electrons. The summed E-state index contributed by atoms with van der Waals surface area (Å²) in [6, 6.07) is 0. The van der Waals surface area contributed by atoms with Crippen LogP contribution in [0.25, 0.3) is 0 Å². The van der Waals surface area contributed by atoms with Gasteiger partial charge in [-0.2, -0.15) is 0 Å². The van der Waals surface area contributed by atoms with Crippen molar-refractivity contribution in [3.63, 3.8) is 0 Å². The van der Waals surface area contributed by atoms with Gasteiger partial charge in [-0.15, -0.1) is 0 Å². The van der Waals surface area contributed by atoms with Gasteiger partial charge in [0.05, 0.1) is 12.2 Å². The van der Waals surface area contributed by atoms with E-state index in [1.165, 1.54) is 44.1 Å². The van der Waals surface area contributed by atoms with E-state index in [-0.39, 0.29) is 33.9 Å². The molecule has 0 heterocycles. The zero-order valence-corrected chi connectivity index (χ0v) is 22.0. The minimum Gasteiger partial charge on any atom is -0.393 e. The fraction of sp³-hybridized carbons (Fsp3) is 0.933. The average molecular weight is 443 g/mol. The molecule has 0 aromatic carbocycles. The summed E-state index contributed by atoms with van der Waals surface area (Å²) >= 11 is 0. The fourth-order valence-electron chi connectivity index (χ4n) is 11.4. The molecule has 11 unspecified atom stereocenters. The van der Waals surface area contributed by atoms with Gasteiger partial charge in [0.2, 0.25) is 0 Å². The summed E-state index contributed by atoms with van der Waals surface area (Å²) in [5.74, 6) is 3.04. The second-order valence-corrected chi connectivity index (χ2v) is 14.8. The third-order valence-corrected chi connectivity index (χ3v) is 13.5. The third kappa shape index (κ3) is 2.61. The van der Waals surface area contributed by atoms with Gasteiger partial charge >= 0.3 is 0 Å².